The van der Waals surface area contributed by atoms with E-state index >= 15 is 0 Å². The summed E-state index contributed by atoms with van der Waals surface area (Å²) in [4.78, 5) is 14.3. The van der Waals surface area contributed by atoms with E-state index in [1.54, 1.807) is 0 Å². The number of likely N-dealkylation sites (tertiary alicyclic amines) is 1. The molecular formula is C20H37N3O2. The molecule has 144 valence electrons. The van der Waals surface area contributed by atoms with E-state index in [0.29, 0.717) is 18.7 Å². The minimum Gasteiger partial charge on any atom is -0.378 e. The van der Waals surface area contributed by atoms with Crippen molar-refractivity contribution in [2.75, 3.05) is 26.2 Å². The Kier molecular flexibility index (Phi) is 8.02. The van der Waals surface area contributed by atoms with E-state index in [1.165, 1.54) is 51.4 Å². The van der Waals surface area contributed by atoms with Gasteiger partial charge in [-0.25, -0.2) is 5.43 Å². The number of nitrogens with one attached hydrogen (secondary N) is 2. The molecule has 3 rings (SSSR count). The molecule has 1 amide bonds. The molecule has 5 heteroatoms. The highest BCUT2D eigenvalue weighted by Crippen LogP contribution is 2.26. The fraction of sp³-hybridized carbons (Fsp3) is 0.950. The fourth-order valence-electron chi connectivity index (χ4n) is 4.54. The van der Waals surface area contributed by atoms with Crippen LogP contribution in [0.3, 0.4) is 0 Å². The van der Waals surface area contributed by atoms with Gasteiger partial charge >= 0.3 is 0 Å². The fourth-order valence-corrected chi connectivity index (χ4v) is 4.54. The Morgan fingerprint density at radius 3 is 2.28 bits per heavy atom. The molecule has 0 unspecified atom stereocenters. The molecule has 0 aromatic heterocycles. The molecule has 0 aromatic rings. The summed E-state index contributed by atoms with van der Waals surface area (Å²) in [7, 11) is 0. The lowest BCUT2D eigenvalue weighted by atomic mass is 9.89. The highest BCUT2D eigenvalue weighted by atomic mass is 16.5. The number of nitrogens with zero attached hydrogens (tertiary/aromatic N) is 1. The van der Waals surface area contributed by atoms with Gasteiger partial charge < -0.3 is 4.74 Å². The average molecular weight is 352 g/mol. The standard InChI is InChI=1S/C20H37N3O2/c24-20(15-23-13-5-2-6-14-23)22-21-18-9-11-19(12-10-18)25-16-17-7-3-1-4-8-17/h17-19,21H,1-16H2,(H,22,24). The molecule has 1 aliphatic heterocycles. The normalized spacial score (nSPS) is 29.4. The summed E-state index contributed by atoms with van der Waals surface area (Å²) in [5.74, 6) is 0.913. The van der Waals surface area contributed by atoms with E-state index in [2.05, 4.69) is 15.8 Å². The van der Waals surface area contributed by atoms with Crippen molar-refractivity contribution in [2.45, 2.75) is 89.2 Å². The van der Waals surface area contributed by atoms with Crippen molar-refractivity contribution in [3.05, 3.63) is 0 Å². The third kappa shape index (κ3) is 6.87. The molecule has 25 heavy (non-hydrogen) atoms. The van der Waals surface area contributed by atoms with Gasteiger partial charge in [-0.2, -0.15) is 0 Å². The first-order valence-electron chi connectivity index (χ1n) is 10.7. The number of hydrazine groups is 1. The van der Waals surface area contributed by atoms with Crippen LogP contribution in [0.1, 0.15) is 77.0 Å². The maximum absolute atomic E-state index is 12.1. The van der Waals surface area contributed by atoms with Gasteiger partial charge in [0.1, 0.15) is 0 Å². The number of amides is 1. The summed E-state index contributed by atoms with van der Waals surface area (Å²) < 4.78 is 6.18. The van der Waals surface area contributed by atoms with Gasteiger partial charge in [-0.1, -0.05) is 25.7 Å². The zero-order chi connectivity index (χ0) is 17.3. The molecule has 3 aliphatic rings. The van der Waals surface area contributed by atoms with E-state index in [9.17, 15) is 4.79 Å². The number of piperidine rings is 1. The van der Waals surface area contributed by atoms with Crippen LogP contribution in [0.25, 0.3) is 0 Å². The molecular weight excluding hydrogens is 314 g/mol. The third-order valence-electron chi connectivity index (χ3n) is 6.20. The quantitative estimate of drug-likeness (QED) is 0.692. The van der Waals surface area contributed by atoms with Crippen molar-refractivity contribution in [2.24, 2.45) is 5.92 Å². The van der Waals surface area contributed by atoms with Gasteiger partial charge in [0.05, 0.1) is 12.6 Å². The van der Waals surface area contributed by atoms with Crippen LogP contribution in [0.5, 0.6) is 0 Å². The molecule has 2 N–H and O–H groups in total. The molecule has 0 aromatic carbocycles. The highest BCUT2D eigenvalue weighted by Gasteiger charge is 2.23. The van der Waals surface area contributed by atoms with Crippen molar-refractivity contribution >= 4 is 5.91 Å². The van der Waals surface area contributed by atoms with Crippen molar-refractivity contribution in [1.29, 1.82) is 0 Å². The number of carbonyl (C=O) groups excluding carboxylic acids is 1. The number of ether oxygens (including phenoxy) is 1. The molecule has 0 bridgehead atoms. The number of hydrogen-bond acceptors (Lipinski definition) is 4. The van der Waals surface area contributed by atoms with Crippen LogP contribution in [0.4, 0.5) is 0 Å². The van der Waals surface area contributed by atoms with Gasteiger partial charge in [0, 0.05) is 12.6 Å². The lowest BCUT2D eigenvalue weighted by Gasteiger charge is -2.31. The second kappa shape index (κ2) is 10.5. The van der Waals surface area contributed by atoms with Crippen molar-refractivity contribution in [3.8, 4) is 0 Å². The average Bonchev–Trinajstić information content (AvgIpc) is 2.67. The van der Waals surface area contributed by atoms with E-state index in [0.717, 1.165) is 51.3 Å². The van der Waals surface area contributed by atoms with Crippen LogP contribution in [0.15, 0.2) is 0 Å². The lowest BCUT2D eigenvalue weighted by molar-refractivity contribution is -0.123. The molecule has 5 nitrogen and oxygen atoms in total. The molecule has 3 fully saturated rings. The molecule has 2 saturated carbocycles. The van der Waals surface area contributed by atoms with E-state index in [1.807, 2.05) is 0 Å². The SMILES string of the molecule is O=C(CN1CCCCC1)NNC1CCC(OCC2CCCCC2)CC1. The van der Waals surface area contributed by atoms with Crippen LogP contribution in [-0.4, -0.2) is 49.2 Å². The molecule has 2 aliphatic carbocycles. The van der Waals surface area contributed by atoms with E-state index in [4.69, 9.17) is 4.74 Å². The van der Waals surface area contributed by atoms with Crippen molar-refractivity contribution < 1.29 is 9.53 Å². The highest BCUT2D eigenvalue weighted by molar-refractivity contribution is 5.77. The molecule has 0 spiro atoms. The first-order chi connectivity index (χ1) is 12.3. The summed E-state index contributed by atoms with van der Waals surface area (Å²) >= 11 is 0. The third-order valence-corrected chi connectivity index (χ3v) is 6.20. The Morgan fingerprint density at radius 1 is 0.880 bits per heavy atom. The molecule has 0 radical (unpaired) electrons. The predicted molar refractivity (Wildman–Crippen MR) is 100 cm³/mol. The Morgan fingerprint density at radius 2 is 1.56 bits per heavy atom. The first-order valence-corrected chi connectivity index (χ1v) is 10.7. The molecule has 0 atom stereocenters. The van der Waals surface area contributed by atoms with Gasteiger partial charge in [0.15, 0.2) is 0 Å². The van der Waals surface area contributed by atoms with Gasteiger partial charge in [0.2, 0.25) is 5.91 Å². The Bertz CT molecular complexity index is 384. The minimum atomic E-state index is 0.109. The van der Waals surface area contributed by atoms with Gasteiger partial charge in [0.25, 0.3) is 0 Å². The zero-order valence-electron chi connectivity index (χ0n) is 15.8. The van der Waals surface area contributed by atoms with Crippen LogP contribution in [0.2, 0.25) is 0 Å². The van der Waals surface area contributed by atoms with Crippen LogP contribution in [-0.2, 0) is 9.53 Å². The second-order valence-electron chi connectivity index (χ2n) is 8.34. The second-order valence-corrected chi connectivity index (χ2v) is 8.34. The summed E-state index contributed by atoms with van der Waals surface area (Å²) in [6.45, 7) is 3.63. The maximum Gasteiger partial charge on any atom is 0.248 e. The van der Waals surface area contributed by atoms with E-state index in [-0.39, 0.29) is 5.91 Å². The Balaban J connectivity index is 1.24. The Labute approximate surface area is 153 Å². The number of hydrogen-bond donors (Lipinski definition) is 2. The maximum atomic E-state index is 12.1. The van der Waals surface area contributed by atoms with Crippen molar-refractivity contribution in [3.63, 3.8) is 0 Å². The topological polar surface area (TPSA) is 53.6 Å². The zero-order valence-corrected chi connectivity index (χ0v) is 15.8. The predicted octanol–water partition coefficient (Wildman–Crippen LogP) is 3.00. The summed E-state index contributed by atoms with van der Waals surface area (Å²) in [5.41, 5.74) is 6.18. The van der Waals surface area contributed by atoms with Crippen LogP contribution < -0.4 is 10.9 Å². The first kappa shape index (κ1) is 19.1. The Hall–Kier alpha value is -0.650. The van der Waals surface area contributed by atoms with Gasteiger partial charge in [-0.15, -0.1) is 0 Å². The van der Waals surface area contributed by atoms with Crippen molar-refractivity contribution in [1.82, 2.24) is 15.8 Å². The minimum absolute atomic E-state index is 0.109. The monoisotopic (exact) mass is 351 g/mol. The van der Waals surface area contributed by atoms with E-state index < -0.39 is 0 Å². The van der Waals surface area contributed by atoms with Gasteiger partial charge in [-0.3, -0.25) is 15.1 Å². The molecule has 1 heterocycles. The van der Waals surface area contributed by atoms with Crippen LogP contribution >= 0.6 is 0 Å². The summed E-state index contributed by atoms with van der Waals surface area (Å²) in [5, 5.41) is 0. The lowest BCUT2D eigenvalue weighted by Crippen LogP contribution is -2.50. The smallest absolute Gasteiger partial charge is 0.248 e. The molecule has 1 saturated heterocycles. The van der Waals surface area contributed by atoms with Gasteiger partial charge in [-0.05, 0) is 70.4 Å². The number of rotatable bonds is 7. The van der Waals surface area contributed by atoms with Crippen LogP contribution in [0, 0.1) is 5.92 Å². The summed E-state index contributed by atoms with van der Waals surface area (Å²) in [6, 6.07) is 0.403. The number of carbonyl (C=O) groups is 1. The largest absolute Gasteiger partial charge is 0.378 e. The summed E-state index contributed by atoms with van der Waals surface area (Å²) in [6.07, 6.45) is 15.5.